The number of hydrogen-bond donors (Lipinski definition) is 1. The number of halogens is 1. The number of hydrogen-bond acceptors (Lipinski definition) is 3. The molecule has 1 aromatic carbocycles. The lowest BCUT2D eigenvalue weighted by atomic mass is 10.3. The van der Waals surface area contributed by atoms with Crippen LogP contribution in [0.5, 0.6) is 5.75 Å². The Hall–Kier alpha value is -2.01. The Morgan fingerprint density at radius 3 is 2.78 bits per heavy atom. The number of rotatable bonds is 5. The van der Waals surface area contributed by atoms with Crippen molar-refractivity contribution in [3.63, 3.8) is 0 Å². The number of imidazole rings is 1. The molecule has 1 aromatic heterocycles. The maximum atomic E-state index is 10.8. The quantitative estimate of drug-likeness (QED) is 0.902. The van der Waals surface area contributed by atoms with Crippen LogP contribution in [0.2, 0.25) is 5.02 Å². The molecule has 1 heterocycles. The second-order valence-corrected chi connectivity index (χ2v) is 4.02. The molecule has 1 N–H and O–H groups in total. The molecular formula is C12H11ClN2O3. The van der Waals surface area contributed by atoms with Crippen molar-refractivity contribution in [2.24, 2.45) is 0 Å². The number of benzene rings is 1. The van der Waals surface area contributed by atoms with Crippen molar-refractivity contribution in [2.45, 2.75) is 6.54 Å². The van der Waals surface area contributed by atoms with Crippen LogP contribution < -0.4 is 4.74 Å². The summed E-state index contributed by atoms with van der Waals surface area (Å²) < 4.78 is 6.99. The van der Waals surface area contributed by atoms with Crippen LogP contribution in [0.1, 0.15) is 10.5 Å². The summed E-state index contributed by atoms with van der Waals surface area (Å²) in [6, 6.07) is 6.98. The molecule has 0 unspecified atom stereocenters. The zero-order valence-corrected chi connectivity index (χ0v) is 10.2. The topological polar surface area (TPSA) is 64.3 Å². The third-order valence-electron chi connectivity index (χ3n) is 2.35. The summed E-state index contributed by atoms with van der Waals surface area (Å²) in [6.07, 6.45) is 2.78. The standard InChI is InChI=1S/C12H11ClN2O3/c13-9-1-3-10(4-2-9)18-6-5-15-8-14-7-11(15)12(16)17/h1-4,7-8H,5-6H2,(H,16,17). The maximum absolute atomic E-state index is 10.8. The number of carboxylic acid groups (broad SMARTS) is 1. The molecule has 0 amide bonds. The number of ether oxygens (including phenoxy) is 1. The van der Waals surface area contributed by atoms with Crippen molar-refractivity contribution in [3.8, 4) is 5.75 Å². The predicted octanol–water partition coefficient (Wildman–Crippen LogP) is 2.31. The van der Waals surface area contributed by atoms with E-state index in [1.807, 2.05) is 0 Å². The van der Waals surface area contributed by atoms with Crippen LogP contribution in [0, 0.1) is 0 Å². The van der Waals surface area contributed by atoms with Crippen molar-refractivity contribution < 1.29 is 14.6 Å². The van der Waals surface area contributed by atoms with Gasteiger partial charge in [0.1, 0.15) is 18.1 Å². The molecule has 0 fully saturated rings. The van der Waals surface area contributed by atoms with Crippen LogP contribution >= 0.6 is 11.6 Å². The van der Waals surface area contributed by atoms with E-state index >= 15 is 0 Å². The molecule has 0 aliphatic heterocycles. The summed E-state index contributed by atoms with van der Waals surface area (Å²) >= 11 is 5.75. The molecule has 0 spiro atoms. The molecule has 18 heavy (non-hydrogen) atoms. The van der Waals surface area contributed by atoms with Crippen LogP contribution in [0.25, 0.3) is 0 Å². The van der Waals surface area contributed by atoms with E-state index in [4.69, 9.17) is 21.4 Å². The van der Waals surface area contributed by atoms with Gasteiger partial charge in [0.15, 0.2) is 0 Å². The second-order valence-electron chi connectivity index (χ2n) is 3.58. The van der Waals surface area contributed by atoms with E-state index in [0.29, 0.717) is 23.9 Å². The van der Waals surface area contributed by atoms with Crippen LogP contribution in [0.4, 0.5) is 0 Å². The Kier molecular flexibility index (Phi) is 3.84. The summed E-state index contributed by atoms with van der Waals surface area (Å²) in [6.45, 7) is 0.780. The van der Waals surface area contributed by atoms with E-state index in [0.717, 1.165) is 0 Å². The SMILES string of the molecule is O=C(O)c1cncn1CCOc1ccc(Cl)cc1. The van der Waals surface area contributed by atoms with Gasteiger partial charge in [0.2, 0.25) is 0 Å². The van der Waals surface area contributed by atoms with Gasteiger partial charge in [0, 0.05) is 5.02 Å². The van der Waals surface area contributed by atoms with Crippen LogP contribution in [-0.4, -0.2) is 27.2 Å². The van der Waals surface area contributed by atoms with E-state index in [9.17, 15) is 4.79 Å². The molecule has 2 rings (SSSR count). The molecule has 2 aromatic rings. The molecule has 5 nitrogen and oxygen atoms in total. The molecule has 0 bridgehead atoms. The van der Waals surface area contributed by atoms with Gasteiger partial charge in [-0.25, -0.2) is 9.78 Å². The van der Waals surface area contributed by atoms with Gasteiger partial charge in [-0.05, 0) is 24.3 Å². The maximum Gasteiger partial charge on any atom is 0.354 e. The third kappa shape index (κ3) is 3.01. The van der Waals surface area contributed by atoms with E-state index in [-0.39, 0.29) is 5.69 Å². The van der Waals surface area contributed by atoms with E-state index in [1.165, 1.54) is 17.1 Å². The molecule has 0 atom stereocenters. The highest BCUT2D eigenvalue weighted by molar-refractivity contribution is 6.30. The lowest BCUT2D eigenvalue weighted by Gasteiger charge is -2.08. The van der Waals surface area contributed by atoms with Crippen molar-refractivity contribution in [1.82, 2.24) is 9.55 Å². The largest absolute Gasteiger partial charge is 0.492 e. The van der Waals surface area contributed by atoms with Crippen molar-refractivity contribution in [1.29, 1.82) is 0 Å². The summed E-state index contributed by atoms with van der Waals surface area (Å²) in [5, 5.41) is 9.53. The zero-order chi connectivity index (χ0) is 13.0. The monoisotopic (exact) mass is 266 g/mol. The highest BCUT2D eigenvalue weighted by Gasteiger charge is 2.09. The van der Waals surface area contributed by atoms with E-state index in [1.54, 1.807) is 24.3 Å². The average Bonchev–Trinajstić information content (AvgIpc) is 2.80. The predicted molar refractivity (Wildman–Crippen MR) is 66.1 cm³/mol. The van der Waals surface area contributed by atoms with Crippen molar-refractivity contribution in [2.75, 3.05) is 6.61 Å². The highest BCUT2D eigenvalue weighted by atomic mass is 35.5. The Balaban J connectivity index is 1.90. The Morgan fingerprint density at radius 1 is 1.39 bits per heavy atom. The molecule has 0 saturated carbocycles. The number of carboxylic acids is 1. The van der Waals surface area contributed by atoms with Gasteiger partial charge >= 0.3 is 5.97 Å². The number of nitrogens with zero attached hydrogens (tertiary/aromatic N) is 2. The number of aromatic carboxylic acids is 1. The van der Waals surface area contributed by atoms with Crippen LogP contribution in [0.15, 0.2) is 36.8 Å². The van der Waals surface area contributed by atoms with Gasteiger partial charge in [-0.15, -0.1) is 0 Å². The lowest BCUT2D eigenvalue weighted by molar-refractivity contribution is 0.0684. The lowest BCUT2D eigenvalue weighted by Crippen LogP contribution is -2.12. The molecule has 94 valence electrons. The first kappa shape index (κ1) is 12.4. The molecule has 0 aliphatic carbocycles. The number of aromatic nitrogens is 2. The van der Waals surface area contributed by atoms with Crippen molar-refractivity contribution in [3.05, 3.63) is 47.5 Å². The molecule has 6 heteroatoms. The van der Waals surface area contributed by atoms with Crippen molar-refractivity contribution >= 4 is 17.6 Å². The van der Waals surface area contributed by atoms with E-state index in [2.05, 4.69) is 4.98 Å². The Bertz CT molecular complexity index is 537. The first-order valence-electron chi connectivity index (χ1n) is 5.28. The fourth-order valence-corrected chi connectivity index (χ4v) is 1.60. The Morgan fingerprint density at radius 2 is 2.11 bits per heavy atom. The minimum atomic E-state index is -1.00. The third-order valence-corrected chi connectivity index (χ3v) is 2.60. The van der Waals surface area contributed by atoms with E-state index < -0.39 is 5.97 Å². The first-order chi connectivity index (χ1) is 8.66. The van der Waals surface area contributed by atoms with Crippen LogP contribution in [0.3, 0.4) is 0 Å². The fourth-order valence-electron chi connectivity index (χ4n) is 1.47. The van der Waals surface area contributed by atoms with Crippen LogP contribution in [-0.2, 0) is 6.54 Å². The summed E-state index contributed by atoms with van der Waals surface area (Å²) in [4.78, 5) is 14.6. The van der Waals surface area contributed by atoms with Gasteiger partial charge in [0.05, 0.1) is 19.1 Å². The molecule has 0 saturated heterocycles. The molecular weight excluding hydrogens is 256 g/mol. The van der Waals surface area contributed by atoms with Gasteiger partial charge in [-0.1, -0.05) is 11.6 Å². The first-order valence-corrected chi connectivity index (χ1v) is 5.66. The average molecular weight is 267 g/mol. The van der Waals surface area contributed by atoms with Gasteiger partial charge < -0.3 is 14.4 Å². The van der Waals surface area contributed by atoms with Gasteiger partial charge in [-0.3, -0.25) is 0 Å². The Labute approximate surface area is 109 Å². The minimum absolute atomic E-state index is 0.148. The smallest absolute Gasteiger partial charge is 0.354 e. The number of carbonyl (C=O) groups is 1. The molecule has 0 aliphatic rings. The summed E-state index contributed by atoms with van der Waals surface area (Å²) in [5.41, 5.74) is 0.148. The normalized spacial score (nSPS) is 10.3. The second kappa shape index (κ2) is 5.55. The van der Waals surface area contributed by atoms with Gasteiger partial charge in [-0.2, -0.15) is 0 Å². The summed E-state index contributed by atoms with van der Waals surface area (Å²) in [5.74, 6) is -0.310. The van der Waals surface area contributed by atoms with Gasteiger partial charge in [0.25, 0.3) is 0 Å². The zero-order valence-electron chi connectivity index (χ0n) is 9.41. The highest BCUT2D eigenvalue weighted by Crippen LogP contribution is 2.15. The minimum Gasteiger partial charge on any atom is -0.492 e. The fraction of sp³-hybridized carbons (Fsp3) is 0.167. The summed E-state index contributed by atoms with van der Waals surface area (Å²) in [7, 11) is 0. The molecule has 0 radical (unpaired) electrons.